The van der Waals surface area contributed by atoms with Crippen molar-refractivity contribution < 1.29 is 10.2 Å². The molecule has 0 aliphatic heterocycles. The van der Waals surface area contributed by atoms with Crippen LogP contribution in [0.15, 0.2) is 30.9 Å². The molecule has 1 aromatic carbocycles. The second-order valence-electron chi connectivity index (χ2n) is 2.66. The first-order valence-electron chi connectivity index (χ1n) is 3.92. The molecule has 0 aliphatic rings. The van der Waals surface area contributed by atoms with Crippen LogP contribution in [0.2, 0.25) is 0 Å². The van der Waals surface area contributed by atoms with Crippen molar-refractivity contribution in [1.82, 2.24) is 15.0 Å². The van der Waals surface area contributed by atoms with E-state index in [0.717, 1.165) is 0 Å². The Morgan fingerprint density at radius 2 is 1.71 bits per heavy atom. The van der Waals surface area contributed by atoms with Gasteiger partial charge in [0.2, 0.25) is 0 Å². The second kappa shape index (κ2) is 3.29. The molecule has 2 N–H and O–H groups in total. The number of aromatic hydroxyl groups is 2. The third kappa shape index (κ3) is 1.47. The number of benzene rings is 1. The average Bonchev–Trinajstić information content (AvgIpc) is 2.19. The monoisotopic (exact) mass is 189 g/mol. The first-order chi connectivity index (χ1) is 6.77. The smallest absolute Gasteiger partial charge is 0.166 e. The standard InChI is InChI=1S/C9H7N3O2/c13-6-1-2-7(8(14)3-6)9-11-4-10-5-12-9/h1-5,13-14H. The highest BCUT2D eigenvalue weighted by molar-refractivity contribution is 5.64. The van der Waals surface area contributed by atoms with Gasteiger partial charge in [-0.15, -0.1) is 0 Å². The minimum absolute atomic E-state index is 0.000283. The van der Waals surface area contributed by atoms with E-state index in [1.54, 1.807) is 6.07 Å². The summed E-state index contributed by atoms with van der Waals surface area (Å²) in [6, 6.07) is 4.23. The lowest BCUT2D eigenvalue weighted by atomic mass is 10.2. The van der Waals surface area contributed by atoms with Crippen molar-refractivity contribution in [3.8, 4) is 22.9 Å². The van der Waals surface area contributed by atoms with E-state index in [4.69, 9.17) is 5.11 Å². The molecule has 0 atom stereocenters. The predicted molar refractivity (Wildman–Crippen MR) is 48.6 cm³/mol. The number of phenols is 2. The van der Waals surface area contributed by atoms with E-state index in [2.05, 4.69) is 15.0 Å². The normalized spacial score (nSPS) is 10.0. The third-order valence-corrected chi connectivity index (χ3v) is 1.72. The zero-order valence-corrected chi connectivity index (χ0v) is 7.12. The number of hydrogen-bond donors (Lipinski definition) is 2. The lowest BCUT2D eigenvalue weighted by molar-refractivity contribution is 0.451. The van der Waals surface area contributed by atoms with E-state index in [0.29, 0.717) is 11.4 Å². The fourth-order valence-corrected chi connectivity index (χ4v) is 1.09. The van der Waals surface area contributed by atoms with Crippen molar-refractivity contribution in [2.45, 2.75) is 0 Å². The highest BCUT2D eigenvalue weighted by Crippen LogP contribution is 2.28. The molecule has 0 fully saturated rings. The molecule has 0 aliphatic carbocycles. The maximum absolute atomic E-state index is 9.48. The third-order valence-electron chi connectivity index (χ3n) is 1.72. The zero-order chi connectivity index (χ0) is 9.97. The van der Waals surface area contributed by atoms with Crippen LogP contribution in [0.25, 0.3) is 11.4 Å². The van der Waals surface area contributed by atoms with Crippen LogP contribution in [-0.4, -0.2) is 25.2 Å². The van der Waals surface area contributed by atoms with Gasteiger partial charge in [-0.05, 0) is 12.1 Å². The molecule has 1 aromatic heterocycles. The minimum Gasteiger partial charge on any atom is -0.508 e. The molecule has 0 saturated carbocycles. The van der Waals surface area contributed by atoms with E-state index in [1.807, 2.05) is 0 Å². The van der Waals surface area contributed by atoms with Gasteiger partial charge in [0.15, 0.2) is 5.82 Å². The Balaban J connectivity index is 2.53. The Kier molecular flexibility index (Phi) is 1.98. The molecule has 14 heavy (non-hydrogen) atoms. The molecular formula is C9H7N3O2. The fourth-order valence-electron chi connectivity index (χ4n) is 1.09. The molecule has 0 bridgehead atoms. The van der Waals surface area contributed by atoms with E-state index in [9.17, 15) is 5.11 Å². The average molecular weight is 189 g/mol. The van der Waals surface area contributed by atoms with Crippen molar-refractivity contribution in [2.24, 2.45) is 0 Å². The topological polar surface area (TPSA) is 79.1 Å². The summed E-state index contributed by atoms with van der Waals surface area (Å²) in [6.07, 6.45) is 2.68. The molecule has 70 valence electrons. The highest BCUT2D eigenvalue weighted by atomic mass is 16.3. The molecule has 1 heterocycles. The van der Waals surface area contributed by atoms with Gasteiger partial charge in [0, 0.05) is 6.07 Å². The van der Waals surface area contributed by atoms with Crippen molar-refractivity contribution in [2.75, 3.05) is 0 Å². The van der Waals surface area contributed by atoms with Crippen molar-refractivity contribution in [3.63, 3.8) is 0 Å². The summed E-state index contributed by atoms with van der Waals surface area (Å²) >= 11 is 0. The highest BCUT2D eigenvalue weighted by Gasteiger charge is 2.06. The van der Waals surface area contributed by atoms with Crippen LogP contribution in [0.1, 0.15) is 0 Å². The Labute approximate surface area is 79.7 Å². The quantitative estimate of drug-likeness (QED) is 0.698. The van der Waals surface area contributed by atoms with Gasteiger partial charge >= 0.3 is 0 Å². The van der Waals surface area contributed by atoms with Gasteiger partial charge < -0.3 is 10.2 Å². The summed E-state index contributed by atoms with van der Waals surface area (Å²) in [6.45, 7) is 0. The lowest BCUT2D eigenvalue weighted by Gasteiger charge is -2.01. The largest absolute Gasteiger partial charge is 0.508 e. The van der Waals surface area contributed by atoms with Crippen molar-refractivity contribution in [3.05, 3.63) is 30.9 Å². The van der Waals surface area contributed by atoms with E-state index in [1.165, 1.54) is 24.8 Å². The first-order valence-corrected chi connectivity index (χ1v) is 3.92. The van der Waals surface area contributed by atoms with E-state index in [-0.39, 0.29) is 11.5 Å². The molecule has 5 nitrogen and oxygen atoms in total. The first kappa shape index (κ1) is 8.43. The summed E-state index contributed by atoms with van der Waals surface area (Å²) in [7, 11) is 0. The SMILES string of the molecule is Oc1ccc(-c2ncncn2)c(O)c1. The van der Waals surface area contributed by atoms with Crippen LogP contribution >= 0.6 is 0 Å². The Hall–Kier alpha value is -2.17. The van der Waals surface area contributed by atoms with Crippen molar-refractivity contribution in [1.29, 1.82) is 0 Å². The molecule has 0 amide bonds. The van der Waals surface area contributed by atoms with Gasteiger partial charge in [0.1, 0.15) is 24.2 Å². The molecule has 0 spiro atoms. The Bertz CT molecular complexity index is 445. The lowest BCUT2D eigenvalue weighted by Crippen LogP contribution is -1.88. The fraction of sp³-hybridized carbons (Fsp3) is 0. The number of rotatable bonds is 1. The minimum atomic E-state index is -0.0591. The van der Waals surface area contributed by atoms with Crippen molar-refractivity contribution >= 4 is 0 Å². The Morgan fingerprint density at radius 3 is 2.36 bits per heavy atom. The van der Waals surface area contributed by atoms with Crippen LogP contribution in [0, 0.1) is 0 Å². The molecule has 0 radical (unpaired) electrons. The van der Waals surface area contributed by atoms with Crippen LogP contribution in [0.3, 0.4) is 0 Å². The summed E-state index contributed by atoms with van der Waals surface area (Å²) < 4.78 is 0. The number of aromatic nitrogens is 3. The maximum atomic E-state index is 9.48. The van der Waals surface area contributed by atoms with Crippen LogP contribution in [0.4, 0.5) is 0 Å². The van der Waals surface area contributed by atoms with Gasteiger partial charge in [0.25, 0.3) is 0 Å². The predicted octanol–water partition coefficient (Wildman–Crippen LogP) is 0.950. The summed E-state index contributed by atoms with van der Waals surface area (Å²) in [5.74, 6) is 0.314. The molecule has 0 saturated heterocycles. The van der Waals surface area contributed by atoms with Gasteiger partial charge in [0.05, 0.1) is 5.56 Å². The molecular weight excluding hydrogens is 182 g/mol. The van der Waals surface area contributed by atoms with Crippen LogP contribution < -0.4 is 0 Å². The van der Waals surface area contributed by atoms with E-state index >= 15 is 0 Å². The number of hydrogen-bond acceptors (Lipinski definition) is 5. The second-order valence-corrected chi connectivity index (χ2v) is 2.66. The zero-order valence-electron chi connectivity index (χ0n) is 7.12. The van der Waals surface area contributed by atoms with Gasteiger partial charge in [-0.25, -0.2) is 15.0 Å². The van der Waals surface area contributed by atoms with Gasteiger partial charge in [-0.2, -0.15) is 0 Å². The van der Waals surface area contributed by atoms with Crippen LogP contribution in [0.5, 0.6) is 11.5 Å². The number of nitrogens with zero attached hydrogens (tertiary/aromatic N) is 3. The number of phenolic OH excluding ortho intramolecular Hbond substituents is 2. The molecule has 2 rings (SSSR count). The summed E-state index contributed by atoms with van der Waals surface area (Å²) in [5.41, 5.74) is 0.463. The Morgan fingerprint density at radius 1 is 1.00 bits per heavy atom. The summed E-state index contributed by atoms with van der Waals surface area (Å²) in [4.78, 5) is 11.4. The van der Waals surface area contributed by atoms with Gasteiger partial charge in [-0.1, -0.05) is 0 Å². The van der Waals surface area contributed by atoms with E-state index < -0.39 is 0 Å². The van der Waals surface area contributed by atoms with Crippen LogP contribution in [-0.2, 0) is 0 Å². The maximum Gasteiger partial charge on any atom is 0.166 e. The van der Waals surface area contributed by atoms with Gasteiger partial charge in [-0.3, -0.25) is 0 Å². The molecule has 5 heteroatoms. The summed E-state index contributed by atoms with van der Waals surface area (Å²) in [5, 5.41) is 18.6. The molecule has 2 aromatic rings. The molecule has 0 unspecified atom stereocenters.